The van der Waals surface area contributed by atoms with E-state index in [0.29, 0.717) is 36.2 Å². The highest BCUT2D eigenvalue weighted by molar-refractivity contribution is 6.34. The Balaban J connectivity index is 1.78. The summed E-state index contributed by atoms with van der Waals surface area (Å²) < 4.78 is 13.6. The van der Waals surface area contributed by atoms with Gasteiger partial charge in [0.05, 0.1) is 5.57 Å². The van der Waals surface area contributed by atoms with E-state index in [1.807, 2.05) is 13.8 Å². The number of aromatic nitrogens is 1. The van der Waals surface area contributed by atoms with Gasteiger partial charge in [-0.05, 0) is 55.7 Å². The van der Waals surface area contributed by atoms with E-state index in [4.69, 9.17) is 0 Å². The van der Waals surface area contributed by atoms with Crippen molar-refractivity contribution in [1.82, 2.24) is 10.3 Å². The van der Waals surface area contributed by atoms with Gasteiger partial charge in [0.15, 0.2) is 0 Å². The predicted molar refractivity (Wildman–Crippen MR) is 110 cm³/mol. The first-order valence-electron chi connectivity index (χ1n) is 9.53. The first-order chi connectivity index (χ1) is 13.8. The number of halogens is 1. The summed E-state index contributed by atoms with van der Waals surface area (Å²) in [6, 6.07) is 4.20. The van der Waals surface area contributed by atoms with Crippen molar-refractivity contribution in [2.45, 2.75) is 33.6 Å². The number of aromatic amines is 1. The molecule has 1 aliphatic heterocycles. The van der Waals surface area contributed by atoms with Gasteiger partial charge >= 0.3 is 0 Å². The first kappa shape index (κ1) is 20.5. The monoisotopic (exact) mass is 397 g/mol. The molecule has 1 aromatic heterocycles. The lowest BCUT2D eigenvalue weighted by atomic mass is 10.0. The normalized spacial score (nSPS) is 15.2. The van der Waals surface area contributed by atoms with Crippen LogP contribution in [0.25, 0.3) is 11.6 Å². The van der Waals surface area contributed by atoms with Crippen LogP contribution in [0.3, 0.4) is 0 Å². The summed E-state index contributed by atoms with van der Waals surface area (Å²) in [4.78, 5) is 38.2. The van der Waals surface area contributed by atoms with E-state index >= 15 is 0 Å². The number of carbonyl (C=O) groups excluding carboxylic acids is 3. The van der Waals surface area contributed by atoms with Crippen molar-refractivity contribution in [3.63, 3.8) is 0 Å². The van der Waals surface area contributed by atoms with Gasteiger partial charge in [0, 0.05) is 41.5 Å². The van der Waals surface area contributed by atoms with Gasteiger partial charge in [-0.2, -0.15) is 0 Å². The number of rotatable bonds is 7. The third-order valence-electron chi connectivity index (χ3n) is 5.14. The molecule has 3 rings (SSSR count). The number of hydrogen-bond donors (Lipinski definition) is 3. The molecule has 1 atom stereocenters. The van der Waals surface area contributed by atoms with Gasteiger partial charge in [0.25, 0.3) is 5.91 Å². The number of carbonyl (C=O) groups is 3. The van der Waals surface area contributed by atoms with Crippen LogP contribution in [0.5, 0.6) is 0 Å². The predicted octanol–water partition coefficient (Wildman–Crippen LogP) is 3.15. The molecule has 3 N–H and O–H groups in total. The average Bonchev–Trinajstić information content (AvgIpc) is 3.14. The van der Waals surface area contributed by atoms with E-state index in [-0.39, 0.29) is 17.7 Å². The lowest BCUT2D eigenvalue weighted by Crippen LogP contribution is -2.28. The van der Waals surface area contributed by atoms with E-state index in [9.17, 15) is 18.8 Å². The highest BCUT2D eigenvalue weighted by atomic mass is 19.1. The van der Waals surface area contributed by atoms with Crippen LogP contribution < -0.4 is 10.6 Å². The smallest absolute Gasteiger partial charge is 0.256 e. The third-order valence-corrected chi connectivity index (χ3v) is 5.14. The lowest BCUT2D eigenvalue weighted by molar-refractivity contribution is -0.121. The van der Waals surface area contributed by atoms with Crippen LogP contribution in [-0.4, -0.2) is 29.6 Å². The van der Waals surface area contributed by atoms with Crippen molar-refractivity contribution in [3.8, 4) is 0 Å². The largest absolute Gasteiger partial charge is 0.359 e. The Morgan fingerprint density at radius 2 is 2.07 bits per heavy atom. The van der Waals surface area contributed by atoms with Crippen LogP contribution >= 0.6 is 0 Å². The number of amides is 2. The summed E-state index contributed by atoms with van der Waals surface area (Å²) in [5.41, 5.74) is 5.15. The highest BCUT2D eigenvalue weighted by Crippen LogP contribution is 2.34. The molecule has 0 unspecified atom stereocenters. The topological polar surface area (TPSA) is 91.1 Å². The minimum Gasteiger partial charge on any atom is -0.359 e. The number of anilines is 1. The minimum atomic E-state index is -0.402. The fourth-order valence-electron chi connectivity index (χ4n) is 3.43. The number of aldehydes is 1. The quantitative estimate of drug-likeness (QED) is 0.495. The summed E-state index contributed by atoms with van der Waals surface area (Å²) in [7, 11) is 0. The zero-order valence-electron chi connectivity index (χ0n) is 16.7. The molecule has 0 saturated carbocycles. The lowest BCUT2D eigenvalue weighted by Gasteiger charge is -2.07. The Labute approximate surface area is 168 Å². The number of H-pyrrole nitrogens is 1. The number of fused-ring (bicyclic) bond motifs is 1. The molecule has 0 saturated heterocycles. The van der Waals surface area contributed by atoms with Gasteiger partial charge in [-0.25, -0.2) is 4.39 Å². The second-order valence-electron chi connectivity index (χ2n) is 7.39. The van der Waals surface area contributed by atoms with E-state index in [2.05, 4.69) is 15.6 Å². The van der Waals surface area contributed by atoms with Gasteiger partial charge < -0.3 is 20.4 Å². The Morgan fingerprint density at radius 3 is 2.79 bits per heavy atom. The van der Waals surface area contributed by atoms with Gasteiger partial charge in [-0.3, -0.25) is 9.59 Å². The molecular weight excluding hydrogens is 373 g/mol. The van der Waals surface area contributed by atoms with Crippen molar-refractivity contribution in [3.05, 3.63) is 52.1 Å². The maximum Gasteiger partial charge on any atom is 0.256 e. The van der Waals surface area contributed by atoms with E-state index in [0.717, 1.165) is 28.8 Å². The van der Waals surface area contributed by atoms with Crippen LogP contribution in [0, 0.1) is 25.6 Å². The molecule has 29 heavy (non-hydrogen) atoms. The molecule has 6 nitrogen and oxygen atoms in total. The summed E-state index contributed by atoms with van der Waals surface area (Å²) in [5, 5.41) is 5.49. The van der Waals surface area contributed by atoms with Crippen LogP contribution in [0.4, 0.5) is 10.1 Å². The summed E-state index contributed by atoms with van der Waals surface area (Å²) in [6.07, 6.45) is 3.37. The number of aryl methyl sites for hydroxylation is 1. The average molecular weight is 397 g/mol. The van der Waals surface area contributed by atoms with Gasteiger partial charge in [-0.15, -0.1) is 0 Å². The SMILES string of the molecule is Cc1[nH]c(/C=C2\C(=O)Nc3ccc(F)cc32)c(C)c1CCC(=O)NC[C@H](C)C=O. The Bertz CT molecular complexity index is 1010. The third kappa shape index (κ3) is 4.45. The summed E-state index contributed by atoms with van der Waals surface area (Å²) >= 11 is 0. The molecule has 0 aliphatic carbocycles. The van der Waals surface area contributed by atoms with Crippen molar-refractivity contribution < 1.29 is 18.8 Å². The fraction of sp³-hybridized carbons (Fsp3) is 0.318. The molecule has 2 heterocycles. The number of hydrogen-bond acceptors (Lipinski definition) is 3. The molecule has 0 spiro atoms. The molecule has 152 valence electrons. The Hall–Kier alpha value is -3.22. The van der Waals surface area contributed by atoms with E-state index in [1.54, 1.807) is 19.1 Å². The zero-order valence-corrected chi connectivity index (χ0v) is 16.7. The highest BCUT2D eigenvalue weighted by Gasteiger charge is 2.25. The van der Waals surface area contributed by atoms with E-state index in [1.165, 1.54) is 12.1 Å². The molecule has 0 radical (unpaired) electrons. The van der Waals surface area contributed by atoms with Gasteiger partial charge in [0.1, 0.15) is 12.1 Å². The zero-order chi connectivity index (χ0) is 21.1. The van der Waals surface area contributed by atoms with Crippen LogP contribution in [-0.2, 0) is 20.8 Å². The molecule has 0 fully saturated rings. The van der Waals surface area contributed by atoms with E-state index < -0.39 is 5.82 Å². The van der Waals surface area contributed by atoms with Crippen LogP contribution in [0.1, 0.15) is 41.4 Å². The number of benzene rings is 1. The maximum absolute atomic E-state index is 13.6. The molecule has 2 aromatic rings. The van der Waals surface area contributed by atoms with Crippen molar-refractivity contribution >= 4 is 35.4 Å². The second kappa shape index (κ2) is 8.43. The Morgan fingerprint density at radius 1 is 1.31 bits per heavy atom. The van der Waals surface area contributed by atoms with Crippen molar-refractivity contribution in [2.75, 3.05) is 11.9 Å². The fourth-order valence-corrected chi connectivity index (χ4v) is 3.43. The molecule has 1 aromatic carbocycles. The van der Waals surface area contributed by atoms with Gasteiger partial charge in [-0.1, -0.05) is 6.92 Å². The van der Waals surface area contributed by atoms with Crippen LogP contribution in [0.15, 0.2) is 18.2 Å². The Kier molecular flexibility index (Phi) is 5.96. The maximum atomic E-state index is 13.6. The molecule has 2 amide bonds. The second-order valence-corrected chi connectivity index (χ2v) is 7.39. The van der Waals surface area contributed by atoms with Gasteiger partial charge in [0.2, 0.25) is 5.91 Å². The van der Waals surface area contributed by atoms with Crippen LogP contribution in [0.2, 0.25) is 0 Å². The minimum absolute atomic E-state index is 0.113. The van der Waals surface area contributed by atoms with Crippen molar-refractivity contribution in [2.24, 2.45) is 5.92 Å². The summed E-state index contributed by atoms with van der Waals surface area (Å²) in [5.74, 6) is -1.00. The standard InChI is InChI=1S/C22H24FN3O3/c1-12(11-27)10-24-21(28)7-5-16-13(2)20(25-14(16)3)9-18-17-8-15(23)4-6-19(17)26-22(18)29/h4,6,8-9,11-12,25H,5,7,10H2,1-3H3,(H,24,28)(H,26,29)/b18-9-/t12-/m0/s1. The molecular formula is C22H24FN3O3. The molecule has 7 heteroatoms. The van der Waals surface area contributed by atoms with Crippen molar-refractivity contribution in [1.29, 1.82) is 0 Å². The molecule has 0 bridgehead atoms. The summed E-state index contributed by atoms with van der Waals surface area (Å²) in [6.45, 7) is 5.92. The molecule has 1 aliphatic rings. The number of nitrogens with one attached hydrogen (secondary N) is 3. The first-order valence-corrected chi connectivity index (χ1v) is 9.53.